The summed E-state index contributed by atoms with van der Waals surface area (Å²) in [5, 5.41) is 2.97. The first-order chi connectivity index (χ1) is 11.0. The molecule has 0 aromatic heterocycles. The minimum atomic E-state index is -0.0990. The van der Waals surface area contributed by atoms with Crippen LogP contribution in [0.25, 0.3) is 0 Å². The normalized spacial score (nSPS) is 11.8. The first kappa shape index (κ1) is 17.5. The molecule has 2 aromatic carbocycles. The van der Waals surface area contributed by atoms with Crippen molar-refractivity contribution in [1.29, 1.82) is 0 Å². The van der Waals surface area contributed by atoms with Crippen molar-refractivity contribution >= 4 is 21.8 Å². The average molecular weight is 376 g/mol. The van der Waals surface area contributed by atoms with Crippen molar-refractivity contribution in [1.82, 2.24) is 5.32 Å². The molecule has 122 valence electrons. The SMILES string of the molecule is Cc1ccc(OCC(=O)N[C@H](C)CCc2ccccc2)c(Br)c1. The van der Waals surface area contributed by atoms with E-state index in [0.717, 1.165) is 22.9 Å². The van der Waals surface area contributed by atoms with Gasteiger partial charge < -0.3 is 10.1 Å². The monoisotopic (exact) mass is 375 g/mol. The number of hydrogen-bond acceptors (Lipinski definition) is 2. The fourth-order valence-corrected chi connectivity index (χ4v) is 2.89. The zero-order valence-electron chi connectivity index (χ0n) is 13.5. The number of carbonyl (C=O) groups excluding carboxylic acids is 1. The van der Waals surface area contributed by atoms with Gasteiger partial charge in [-0.2, -0.15) is 0 Å². The molecule has 3 nitrogen and oxygen atoms in total. The van der Waals surface area contributed by atoms with Crippen LogP contribution in [-0.2, 0) is 11.2 Å². The van der Waals surface area contributed by atoms with Crippen LogP contribution in [0.2, 0.25) is 0 Å². The van der Waals surface area contributed by atoms with Gasteiger partial charge >= 0.3 is 0 Å². The predicted molar refractivity (Wildman–Crippen MR) is 96.7 cm³/mol. The van der Waals surface area contributed by atoms with Crippen LogP contribution in [0.1, 0.15) is 24.5 Å². The fraction of sp³-hybridized carbons (Fsp3) is 0.316. The van der Waals surface area contributed by atoms with Gasteiger partial charge in [0.25, 0.3) is 5.91 Å². The zero-order chi connectivity index (χ0) is 16.7. The molecular weight excluding hydrogens is 354 g/mol. The number of hydrogen-bond donors (Lipinski definition) is 1. The van der Waals surface area contributed by atoms with Gasteiger partial charge in [0, 0.05) is 6.04 Å². The molecule has 23 heavy (non-hydrogen) atoms. The lowest BCUT2D eigenvalue weighted by Crippen LogP contribution is -2.36. The second-order valence-electron chi connectivity index (χ2n) is 5.72. The van der Waals surface area contributed by atoms with Crippen LogP contribution in [0.5, 0.6) is 5.75 Å². The van der Waals surface area contributed by atoms with Gasteiger partial charge in [-0.3, -0.25) is 4.79 Å². The highest BCUT2D eigenvalue weighted by Crippen LogP contribution is 2.25. The maximum absolute atomic E-state index is 12.0. The molecule has 0 saturated heterocycles. The Morgan fingerprint density at radius 2 is 1.96 bits per heavy atom. The lowest BCUT2D eigenvalue weighted by Gasteiger charge is -2.15. The molecule has 0 spiro atoms. The van der Waals surface area contributed by atoms with Gasteiger partial charge in [-0.15, -0.1) is 0 Å². The van der Waals surface area contributed by atoms with Gasteiger partial charge in [0.2, 0.25) is 0 Å². The van der Waals surface area contributed by atoms with E-state index < -0.39 is 0 Å². The summed E-state index contributed by atoms with van der Waals surface area (Å²) < 4.78 is 6.42. The zero-order valence-corrected chi connectivity index (χ0v) is 15.1. The number of nitrogens with one attached hydrogen (secondary N) is 1. The summed E-state index contributed by atoms with van der Waals surface area (Å²) in [4.78, 5) is 12.0. The van der Waals surface area contributed by atoms with Crippen LogP contribution in [0.4, 0.5) is 0 Å². The summed E-state index contributed by atoms with van der Waals surface area (Å²) in [5.74, 6) is 0.584. The predicted octanol–water partition coefficient (Wildman–Crippen LogP) is 4.27. The molecule has 0 saturated carbocycles. The molecule has 2 aromatic rings. The van der Waals surface area contributed by atoms with Crippen molar-refractivity contribution in [3.8, 4) is 5.75 Å². The molecular formula is C19H22BrNO2. The molecule has 0 bridgehead atoms. The van der Waals surface area contributed by atoms with E-state index in [2.05, 4.69) is 33.4 Å². The minimum Gasteiger partial charge on any atom is -0.483 e. The van der Waals surface area contributed by atoms with Crippen LogP contribution in [0.3, 0.4) is 0 Å². The van der Waals surface area contributed by atoms with E-state index >= 15 is 0 Å². The summed E-state index contributed by atoms with van der Waals surface area (Å²) >= 11 is 3.44. The number of amides is 1. The van der Waals surface area contributed by atoms with Gasteiger partial charge in [-0.25, -0.2) is 0 Å². The van der Waals surface area contributed by atoms with E-state index in [1.165, 1.54) is 5.56 Å². The lowest BCUT2D eigenvalue weighted by atomic mass is 10.1. The van der Waals surface area contributed by atoms with E-state index in [4.69, 9.17) is 4.74 Å². The van der Waals surface area contributed by atoms with Crippen molar-refractivity contribution in [2.45, 2.75) is 32.7 Å². The second-order valence-corrected chi connectivity index (χ2v) is 6.57. The molecule has 0 aliphatic heterocycles. The Labute approximate surface area is 146 Å². The molecule has 0 heterocycles. The van der Waals surface area contributed by atoms with Gasteiger partial charge in [-0.05, 0) is 65.9 Å². The number of halogens is 1. The van der Waals surface area contributed by atoms with E-state index in [1.54, 1.807) is 0 Å². The Balaban J connectivity index is 1.73. The molecule has 0 fully saturated rings. The van der Waals surface area contributed by atoms with E-state index in [9.17, 15) is 4.79 Å². The Morgan fingerprint density at radius 1 is 1.22 bits per heavy atom. The highest BCUT2D eigenvalue weighted by atomic mass is 79.9. The molecule has 4 heteroatoms. The molecule has 0 aliphatic rings. The van der Waals surface area contributed by atoms with Crippen molar-refractivity contribution in [3.63, 3.8) is 0 Å². The molecule has 0 aliphatic carbocycles. The fourth-order valence-electron chi connectivity index (χ4n) is 2.28. The van der Waals surface area contributed by atoms with Gasteiger partial charge in [0.1, 0.15) is 5.75 Å². The number of ether oxygens (including phenoxy) is 1. The Kier molecular flexibility index (Phi) is 6.66. The van der Waals surface area contributed by atoms with Crippen molar-refractivity contribution < 1.29 is 9.53 Å². The van der Waals surface area contributed by atoms with Crippen LogP contribution < -0.4 is 10.1 Å². The first-order valence-corrected chi connectivity index (χ1v) is 8.56. The summed E-state index contributed by atoms with van der Waals surface area (Å²) in [6, 6.07) is 16.2. The molecule has 1 N–H and O–H groups in total. The van der Waals surface area contributed by atoms with Gasteiger partial charge in [0.05, 0.1) is 4.47 Å². The van der Waals surface area contributed by atoms with Crippen LogP contribution in [0, 0.1) is 6.92 Å². The summed E-state index contributed by atoms with van der Waals surface area (Å²) in [5.41, 5.74) is 2.43. The number of rotatable bonds is 7. The Hall–Kier alpha value is -1.81. The van der Waals surface area contributed by atoms with Gasteiger partial charge in [-0.1, -0.05) is 36.4 Å². The number of benzene rings is 2. The Morgan fingerprint density at radius 3 is 2.65 bits per heavy atom. The molecule has 2 rings (SSSR count). The van der Waals surface area contributed by atoms with Crippen molar-refractivity contribution in [2.24, 2.45) is 0 Å². The largest absolute Gasteiger partial charge is 0.483 e. The molecule has 1 amide bonds. The van der Waals surface area contributed by atoms with Crippen LogP contribution >= 0.6 is 15.9 Å². The van der Waals surface area contributed by atoms with Crippen molar-refractivity contribution in [2.75, 3.05) is 6.61 Å². The van der Waals surface area contributed by atoms with Crippen LogP contribution in [-0.4, -0.2) is 18.6 Å². The summed E-state index contributed by atoms with van der Waals surface area (Å²) in [7, 11) is 0. The maximum atomic E-state index is 12.0. The summed E-state index contributed by atoms with van der Waals surface area (Å²) in [6.07, 6.45) is 1.86. The average Bonchev–Trinajstić information content (AvgIpc) is 2.53. The number of carbonyl (C=O) groups is 1. The second kappa shape index (κ2) is 8.73. The maximum Gasteiger partial charge on any atom is 0.258 e. The third-order valence-electron chi connectivity index (χ3n) is 3.56. The minimum absolute atomic E-state index is 0.0251. The standard InChI is InChI=1S/C19H22BrNO2/c1-14-8-11-18(17(20)12-14)23-13-19(22)21-15(2)9-10-16-6-4-3-5-7-16/h3-8,11-12,15H,9-10,13H2,1-2H3,(H,21,22)/t15-/m1/s1. The van der Waals surface area contributed by atoms with Gasteiger partial charge in [0.15, 0.2) is 6.61 Å². The quantitative estimate of drug-likeness (QED) is 0.784. The highest BCUT2D eigenvalue weighted by molar-refractivity contribution is 9.10. The van der Waals surface area contributed by atoms with Crippen LogP contribution in [0.15, 0.2) is 53.0 Å². The van der Waals surface area contributed by atoms with E-state index in [-0.39, 0.29) is 18.6 Å². The molecule has 1 atom stereocenters. The summed E-state index contributed by atoms with van der Waals surface area (Å²) in [6.45, 7) is 4.05. The lowest BCUT2D eigenvalue weighted by molar-refractivity contribution is -0.123. The smallest absolute Gasteiger partial charge is 0.258 e. The highest BCUT2D eigenvalue weighted by Gasteiger charge is 2.09. The molecule has 0 unspecified atom stereocenters. The first-order valence-electron chi connectivity index (χ1n) is 7.77. The van der Waals surface area contributed by atoms with E-state index in [1.807, 2.05) is 50.2 Å². The Bertz CT molecular complexity index is 643. The molecule has 0 radical (unpaired) electrons. The topological polar surface area (TPSA) is 38.3 Å². The van der Waals surface area contributed by atoms with Crippen molar-refractivity contribution in [3.05, 3.63) is 64.1 Å². The third-order valence-corrected chi connectivity index (χ3v) is 4.18. The van der Waals surface area contributed by atoms with E-state index in [0.29, 0.717) is 5.75 Å². The third kappa shape index (κ3) is 6.06. The number of aryl methyl sites for hydroxylation is 2.